The van der Waals surface area contributed by atoms with Crippen LogP contribution in [0.15, 0.2) is 12.2 Å². The van der Waals surface area contributed by atoms with Crippen molar-refractivity contribution >= 4 is 19.8 Å². The molecule has 0 bridgehead atoms. The maximum Gasteiger partial charge on any atom is 0.472 e. The molecule has 0 aliphatic carbocycles. The molecule has 50 heavy (non-hydrogen) atoms. The molecule has 0 aromatic carbocycles. The van der Waals surface area contributed by atoms with Gasteiger partial charge in [-0.2, -0.15) is 0 Å². The first kappa shape index (κ1) is 48.8. The Hall–Kier alpha value is -1.25. The number of esters is 2. The van der Waals surface area contributed by atoms with E-state index in [2.05, 4.69) is 26.0 Å². The first-order valence-electron chi connectivity index (χ1n) is 20.4. The predicted molar refractivity (Wildman–Crippen MR) is 206 cm³/mol. The monoisotopic (exact) mass is 733 g/mol. The zero-order valence-electron chi connectivity index (χ0n) is 33.1. The first-order valence-corrected chi connectivity index (χ1v) is 21.9. The minimum atomic E-state index is -4.36. The predicted octanol–water partition coefficient (Wildman–Crippen LogP) is 11.0. The zero-order valence-corrected chi connectivity index (χ0v) is 34.0. The SMILES string of the molecule is CCCCCCCC/C=C/CCCCCCCCCCCC(=O)OC[C@@H](COP(=O)(O)OCC[N+](C)(C)C)OC(=O)CCCCCCCCC. The minimum Gasteiger partial charge on any atom is -0.462 e. The number of likely N-dealkylation sites (N-methyl/N-ethyl adjacent to an activating group) is 1. The fraction of sp³-hybridized carbons (Fsp3) is 0.900. The normalized spacial score (nSPS) is 13.8. The maximum absolute atomic E-state index is 12.5. The van der Waals surface area contributed by atoms with E-state index in [1.165, 1.54) is 109 Å². The van der Waals surface area contributed by atoms with Gasteiger partial charge in [-0.3, -0.25) is 18.6 Å². The second kappa shape index (κ2) is 33.6. The number of hydrogen-bond acceptors (Lipinski definition) is 7. The Bertz CT molecular complexity index is 876. The maximum atomic E-state index is 12.5. The molecule has 0 spiro atoms. The van der Waals surface area contributed by atoms with Gasteiger partial charge in [-0.1, -0.05) is 142 Å². The van der Waals surface area contributed by atoms with Gasteiger partial charge in [0.1, 0.15) is 19.8 Å². The Balaban J connectivity index is 4.21. The van der Waals surface area contributed by atoms with Crippen LogP contribution >= 0.6 is 7.82 Å². The molecule has 1 unspecified atom stereocenters. The summed E-state index contributed by atoms with van der Waals surface area (Å²) in [4.78, 5) is 35.1. The molecule has 0 aromatic rings. The number of carbonyl (C=O) groups excluding carboxylic acids is 2. The Morgan fingerprint density at radius 2 is 1.02 bits per heavy atom. The number of phosphoric ester groups is 1. The molecule has 2 atom stereocenters. The van der Waals surface area contributed by atoms with Gasteiger partial charge in [0.2, 0.25) is 0 Å². The molecule has 296 valence electrons. The Kier molecular flexibility index (Phi) is 32.7. The van der Waals surface area contributed by atoms with Crippen LogP contribution in [0, 0.1) is 0 Å². The van der Waals surface area contributed by atoms with Crippen molar-refractivity contribution in [1.82, 2.24) is 0 Å². The molecule has 0 saturated heterocycles. The number of ether oxygens (including phenoxy) is 2. The molecule has 0 rings (SSSR count). The quantitative estimate of drug-likeness (QED) is 0.0221. The van der Waals surface area contributed by atoms with Crippen molar-refractivity contribution < 1.29 is 42.1 Å². The second-order valence-electron chi connectivity index (χ2n) is 15.0. The molecule has 0 aliphatic rings. The van der Waals surface area contributed by atoms with Gasteiger partial charge >= 0.3 is 19.8 Å². The molecule has 9 nitrogen and oxygen atoms in total. The van der Waals surface area contributed by atoms with Crippen molar-refractivity contribution in [3.05, 3.63) is 12.2 Å². The summed E-state index contributed by atoms with van der Waals surface area (Å²) in [5.41, 5.74) is 0. The second-order valence-corrected chi connectivity index (χ2v) is 16.5. The molecule has 0 saturated carbocycles. The summed E-state index contributed by atoms with van der Waals surface area (Å²) in [7, 11) is 1.48. The van der Waals surface area contributed by atoms with Gasteiger partial charge in [0.15, 0.2) is 6.10 Å². The van der Waals surface area contributed by atoms with Crippen LogP contribution in [0.3, 0.4) is 0 Å². The fourth-order valence-corrected chi connectivity index (χ4v) is 6.28. The molecule has 0 amide bonds. The van der Waals surface area contributed by atoms with Crippen LogP contribution in [-0.2, 0) is 32.7 Å². The van der Waals surface area contributed by atoms with Crippen LogP contribution in [0.4, 0.5) is 0 Å². The lowest BCUT2D eigenvalue weighted by Crippen LogP contribution is -2.37. The Morgan fingerprint density at radius 3 is 1.48 bits per heavy atom. The van der Waals surface area contributed by atoms with Crippen LogP contribution in [-0.4, -0.2) is 74.9 Å². The van der Waals surface area contributed by atoms with Crippen molar-refractivity contribution in [2.45, 2.75) is 187 Å². The topological polar surface area (TPSA) is 108 Å². The lowest BCUT2D eigenvalue weighted by Gasteiger charge is -2.24. The highest BCUT2D eigenvalue weighted by Crippen LogP contribution is 2.43. The number of unbranched alkanes of at least 4 members (excludes halogenated alkanes) is 21. The molecular weight excluding hydrogens is 653 g/mol. The summed E-state index contributed by atoms with van der Waals surface area (Å²) in [6.45, 7) is 4.37. The highest BCUT2D eigenvalue weighted by Gasteiger charge is 2.27. The van der Waals surface area contributed by atoms with Gasteiger partial charge in [0, 0.05) is 12.8 Å². The van der Waals surface area contributed by atoms with Crippen LogP contribution in [0.1, 0.15) is 181 Å². The minimum absolute atomic E-state index is 0.0340. The van der Waals surface area contributed by atoms with Crippen LogP contribution in [0.5, 0.6) is 0 Å². The molecule has 1 N–H and O–H groups in total. The summed E-state index contributed by atoms with van der Waals surface area (Å²) >= 11 is 0. The smallest absolute Gasteiger partial charge is 0.462 e. The number of carbonyl (C=O) groups is 2. The van der Waals surface area contributed by atoms with Crippen LogP contribution < -0.4 is 0 Å². The van der Waals surface area contributed by atoms with Gasteiger partial charge in [-0.05, 0) is 38.5 Å². The summed E-state index contributed by atoms with van der Waals surface area (Å²) in [5, 5.41) is 0. The van der Waals surface area contributed by atoms with E-state index < -0.39 is 26.5 Å². The van der Waals surface area contributed by atoms with E-state index in [0.29, 0.717) is 23.9 Å². The van der Waals surface area contributed by atoms with Crippen molar-refractivity contribution in [2.24, 2.45) is 0 Å². The fourth-order valence-electron chi connectivity index (χ4n) is 5.54. The van der Waals surface area contributed by atoms with E-state index in [1.807, 2.05) is 21.1 Å². The Labute approximate surface area is 307 Å². The van der Waals surface area contributed by atoms with Crippen molar-refractivity contribution in [1.29, 1.82) is 0 Å². The molecule has 0 heterocycles. The summed E-state index contributed by atoms with van der Waals surface area (Å²) < 4.78 is 34.1. The molecule has 0 radical (unpaired) electrons. The summed E-state index contributed by atoms with van der Waals surface area (Å²) in [6.07, 6.45) is 32.8. The van der Waals surface area contributed by atoms with Gasteiger partial charge < -0.3 is 18.9 Å². The number of quaternary nitrogens is 1. The third-order valence-electron chi connectivity index (χ3n) is 8.80. The average Bonchev–Trinajstić information content (AvgIpc) is 3.06. The lowest BCUT2D eigenvalue weighted by atomic mass is 10.1. The van der Waals surface area contributed by atoms with Crippen molar-refractivity contribution in [2.75, 3.05) is 47.5 Å². The number of hydrogen-bond donors (Lipinski definition) is 1. The number of rotatable bonds is 37. The Morgan fingerprint density at radius 1 is 0.600 bits per heavy atom. The van der Waals surface area contributed by atoms with Crippen LogP contribution in [0.2, 0.25) is 0 Å². The van der Waals surface area contributed by atoms with E-state index in [1.54, 1.807) is 0 Å². The average molecular weight is 733 g/mol. The number of allylic oxidation sites excluding steroid dienone is 2. The highest BCUT2D eigenvalue weighted by molar-refractivity contribution is 7.47. The third-order valence-corrected chi connectivity index (χ3v) is 9.78. The molecule has 0 aliphatic heterocycles. The highest BCUT2D eigenvalue weighted by atomic mass is 31.2. The first-order chi connectivity index (χ1) is 24.0. The molecule has 0 aromatic heterocycles. The van der Waals surface area contributed by atoms with E-state index in [9.17, 15) is 19.0 Å². The zero-order chi connectivity index (χ0) is 37.2. The molecular formula is C40H79NO8P+. The van der Waals surface area contributed by atoms with Gasteiger partial charge in [-0.25, -0.2) is 4.57 Å². The standard InChI is InChI=1S/C40H78NO8P/c1-6-8-10-12-14-15-16-17-18-19-20-21-22-23-24-25-27-28-30-32-39(42)46-36-38(37-48-50(44,45)47-35-34-41(3,4)5)49-40(43)33-31-29-26-13-11-9-7-2/h17-18,38H,6-16,19-37H2,1-5H3/p+1/b18-17+/t38-/m0/s1. The molecule has 10 heteroatoms. The van der Waals surface area contributed by atoms with E-state index in [-0.39, 0.29) is 25.6 Å². The summed E-state index contributed by atoms with van der Waals surface area (Å²) in [6, 6.07) is 0. The van der Waals surface area contributed by atoms with E-state index in [0.717, 1.165) is 38.5 Å². The lowest BCUT2D eigenvalue weighted by molar-refractivity contribution is -0.870. The molecule has 0 fully saturated rings. The summed E-state index contributed by atoms with van der Waals surface area (Å²) in [5.74, 6) is -0.803. The van der Waals surface area contributed by atoms with Crippen LogP contribution in [0.25, 0.3) is 0 Å². The van der Waals surface area contributed by atoms with Crippen molar-refractivity contribution in [3.8, 4) is 0 Å². The van der Waals surface area contributed by atoms with Crippen molar-refractivity contribution in [3.63, 3.8) is 0 Å². The van der Waals surface area contributed by atoms with Gasteiger partial charge in [0.05, 0.1) is 27.7 Å². The van der Waals surface area contributed by atoms with Gasteiger partial charge in [0.25, 0.3) is 0 Å². The third kappa shape index (κ3) is 36.5. The van der Waals surface area contributed by atoms with E-state index >= 15 is 0 Å². The number of phosphoric acid groups is 1. The van der Waals surface area contributed by atoms with E-state index in [4.69, 9.17) is 18.5 Å². The largest absolute Gasteiger partial charge is 0.472 e. The van der Waals surface area contributed by atoms with Gasteiger partial charge in [-0.15, -0.1) is 0 Å². The number of nitrogens with zero attached hydrogens (tertiary/aromatic N) is 1.